The molecular weight excluding hydrogens is 334 g/mol. The van der Waals surface area contributed by atoms with Crippen molar-refractivity contribution < 1.29 is 14.3 Å². The van der Waals surface area contributed by atoms with E-state index in [1.807, 2.05) is 41.8 Å². The maximum Gasteiger partial charge on any atom is 0.306 e. The van der Waals surface area contributed by atoms with E-state index in [-0.39, 0.29) is 12.3 Å². The van der Waals surface area contributed by atoms with Gasteiger partial charge in [-0.1, -0.05) is 0 Å². The number of nitrogens with zero attached hydrogens (tertiary/aromatic N) is 4. The number of ether oxygens (including phenoxy) is 1. The van der Waals surface area contributed by atoms with Crippen molar-refractivity contribution in [3.8, 4) is 0 Å². The molecule has 0 bridgehead atoms. The largest absolute Gasteiger partial charge is 0.453 e. The molecule has 1 atom stereocenters. The van der Waals surface area contributed by atoms with Crippen LogP contribution in [0.1, 0.15) is 41.7 Å². The van der Waals surface area contributed by atoms with Crippen LogP contribution in [-0.4, -0.2) is 37.5 Å². The second-order valence-corrected chi connectivity index (χ2v) is 6.56. The lowest BCUT2D eigenvalue weighted by Gasteiger charge is -2.14. The fraction of sp³-hybridized carbons (Fsp3) is 0.556. The van der Waals surface area contributed by atoms with Gasteiger partial charge in [-0.2, -0.15) is 10.2 Å². The summed E-state index contributed by atoms with van der Waals surface area (Å²) in [5.41, 5.74) is 5.20. The standard InChI is InChI=1S/C18H27N5O3/c1-10-15(12(3)22(6)20-10)8-9-16(24)26-14(5)18(25)19-17-11(2)21-23(7)13(17)4/h14H,8-9H2,1-7H3,(H,19,25). The van der Waals surface area contributed by atoms with Crippen LogP contribution in [0.5, 0.6) is 0 Å². The van der Waals surface area contributed by atoms with Crippen molar-refractivity contribution in [3.05, 3.63) is 28.3 Å². The molecule has 0 aliphatic rings. The molecule has 0 saturated heterocycles. The minimum Gasteiger partial charge on any atom is -0.453 e. The molecule has 0 fully saturated rings. The van der Waals surface area contributed by atoms with Gasteiger partial charge in [-0.05, 0) is 46.6 Å². The van der Waals surface area contributed by atoms with Gasteiger partial charge in [-0.15, -0.1) is 0 Å². The van der Waals surface area contributed by atoms with Crippen molar-refractivity contribution >= 4 is 17.6 Å². The van der Waals surface area contributed by atoms with Gasteiger partial charge in [0.25, 0.3) is 5.91 Å². The summed E-state index contributed by atoms with van der Waals surface area (Å²) in [6.07, 6.45) is -0.132. The average Bonchev–Trinajstić information content (AvgIpc) is 2.94. The van der Waals surface area contributed by atoms with Crippen LogP contribution in [0.4, 0.5) is 5.69 Å². The number of nitrogens with one attached hydrogen (secondary N) is 1. The van der Waals surface area contributed by atoms with Crippen LogP contribution in [0.3, 0.4) is 0 Å². The van der Waals surface area contributed by atoms with E-state index in [1.165, 1.54) is 0 Å². The van der Waals surface area contributed by atoms with Gasteiger partial charge < -0.3 is 10.1 Å². The van der Waals surface area contributed by atoms with Crippen molar-refractivity contribution in [3.63, 3.8) is 0 Å². The number of carbonyl (C=O) groups excluding carboxylic acids is 2. The number of esters is 1. The molecule has 8 nitrogen and oxygen atoms in total. The molecule has 8 heteroatoms. The second-order valence-electron chi connectivity index (χ2n) is 6.56. The van der Waals surface area contributed by atoms with Crippen LogP contribution < -0.4 is 5.32 Å². The highest BCUT2D eigenvalue weighted by Crippen LogP contribution is 2.19. The molecule has 0 radical (unpaired) electrons. The van der Waals surface area contributed by atoms with E-state index >= 15 is 0 Å². The first-order chi connectivity index (χ1) is 12.1. The number of anilines is 1. The molecule has 0 aliphatic carbocycles. The van der Waals surface area contributed by atoms with Crippen LogP contribution in [-0.2, 0) is 34.8 Å². The van der Waals surface area contributed by atoms with E-state index in [9.17, 15) is 9.59 Å². The van der Waals surface area contributed by atoms with Gasteiger partial charge in [-0.3, -0.25) is 19.0 Å². The summed E-state index contributed by atoms with van der Waals surface area (Å²) >= 11 is 0. The zero-order valence-electron chi connectivity index (χ0n) is 16.5. The van der Waals surface area contributed by atoms with Crippen molar-refractivity contribution in [1.82, 2.24) is 19.6 Å². The maximum absolute atomic E-state index is 12.3. The minimum atomic E-state index is -0.877. The summed E-state index contributed by atoms with van der Waals surface area (Å²) < 4.78 is 8.76. The SMILES string of the molecule is Cc1nn(C)c(C)c1CCC(=O)OC(C)C(=O)Nc1c(C)nn(C)c1C. The quantitative estimate of drug-likeness (QED) is 0.794. The van der Waals surface area contributed by atoms with Gasteiger partial charge in [-0.25, -0.2) is 0 Å². The summed E-state index contributed by atoms with van der Waals surface area (Å²) in [6, 6.07) is 0. The monoisotopic (exact) mass is 361 g/mol. The average molecular weight is 361 g/mol. The Morgan fingerprint density at radius 1 is 1.04 bits per heavy atom. The summed E-state index contributed by atoms with van der Waals surface area (Å²) in [7, 11) is 3.68. The van der Waals surface area contributed by atoms with E-state index < -0.39 is 12.1 Å². The van der Waals surface area contributed by atoms with Gasteiger partial charge in [0.05, 0.1) is 22.8 Å². The Morgan fingerprint density at radius 3 is 2.12 bits per heavy atom. The Balaban J connectivity index is 1.91. The fourth-order valence-electron chi connectivity index (χ4n) is 2.90. The normalized spacial score (nSPS) is 12.1. The Hall–Kier alpha value is -2.64. The number of aryl methyl sites for hydroxylation is 4. The van der Waals surface area contributed by atoms with E-state index in [0.29, 0.717) is 12.1 Å². The third-order valence-electron chi connectivity index (χ3n) is 4.67. The second kappa shape index (κ2) is 7.72. The molecule has 2 rings (SSSR count). The van der Waals surface area contributed by atoms with Crippen molar-refractivity contribution in [2.75, 3.05) is 5.32 Å². The lowest BCUT2D eigenvalue weighted by atomic mass is 10.1. The zero-order valence-corrected chi connectivity index (χ0v) is 16.5. The first-order valence-corrected chi connectivity index (χ1v) is 8.61. The Bertz CT molecular complexity index is 834. The summed E-state index contributed by atoms with van der Waals surface area (Å²) in [6.45, 7) is 9.13. The molecule has 1 unspecified atom stereocenters. The van der Waals surface area contributed by atoms with Crippen molar-refractivity contribution in [2.24, 2.45) is 14.1 Å². The summed E-state index contributed by atoms with van der Waals surface area (Å²) in [5, 5.41) is 11.4. The number of aromatic nitrogens is 4. The zero-order chi connectivity index (χ0) is 19.6. The van der Waals surface area contributed by atoms with Gasteiger partial charge in [0.2, 0.25) is 0 Å². The third kappa shape index (κ3) is 4.12. The van der Waals surface area contributed by atoms with Gasteiger partial charge in [0, 0.05) is 26.2 Å². The third-order valence-corrected chi connectivity index (χ3v) is 4.67. The van der Waals surface area contributed by atoms with Crippen LogP contribution in [0, 0.1) is 27.7 Å². The topological polar surface area (TPSA) is 91.0 Å². The summed E-state index contributed by atoms with van der Waals surface area (Å²) in [5.74, 6) is -0.777. The predicted molar refractivity (Wildman–Crippen MR) is 97.9 cm³/mol. The van der Waals surface area contributed by atoms with E-state index in [0.717, 1.165) is 28.3 Å². The van der Waals surface area contributed by atoms with Gasteiger partial charge >= 0.3 is 5.97 Å². The Morgan fingerprint density at radius 2 is 1.62 bits per heavy atom. The van der Waals surface area contributed by atoms with Crippen LogP contribution in [0.15, 0.2) is 0 Å². The van der Waals surface area contributed by atoms with Gasteiger partial charge in [0.1, 0.15) is 0 Å². The Kier molecular flexibility index (Phi) is 5.84. The van der Waals surface area contributed by atoms with E-state index in [2.05, 4.69) is 15.5 Å². The lowest BCUT2D eigenvalue weighted by molar-refractivity contribution is -0.153. The number of hydrogen-bond donors (Lipinski definition) is 1. The predicted octanol–water partition coefficient (Wildman–Crippen LogP) is 1.89. The highest BCUT2D eigenvalue weighted by Gasteiger charge is 2.21. The Labute approximate surface area is 153 Å². The molecule has 0 spiro atoms. The first kappa shape index (κ1) is 19.7. The van der Waals surface area contributed by atoms with Crippen LogP contribution in [0.25, 0.3) is 0 Å². The highest BCUT2D eigenvalue weighted by molar-refractivity contribution is 5.96. The molecule has 26 heavy (non-hydrogen) atoms. The smallest absolute Gasteiger partial charge is 0.306 e. The van der Waals surface area contributed by atoms with Crippen molar-refractivity contribution in [1.29, 1.82) is 0 Å². The lowest BCUT2D eigenvalue weighted by Crippen LogP contribution is -2.30. The number of amides is 1. The van der Waals surface area contributed by atoms with E-state index in [4.69, 9.17) is 4.74 Å². The number of hydrogen-bond acceptors (Lipinski definition) is 5. The first-order valence-electron chi connectivity index (χ1n) is 8.61. The number of rotatable bonds is 6. The molecule has 2 aromatic heterocycles. The van der Waals surface area contributed by atoms with Crippen molar-refractivity contribution in [2.45, 2.75) is 53.6 Å². The molecule has 1 N–H and O–H groups in total. The molecule has 0 saturated carbocycles. The highest BCUT2D eigenvalue weighted by atomic mass is 16.5. The van der Waals surface area contributed by atoms with Crippen LogP contribution >= 0.6 is 0 Å². The summed E-state index contributed by atoms with van der Waals surface area (Å²) in [4.78, 5) is 24.4. The minimum absolute atomic E-state index is 0.204. The molecule has 0 aromatic carbocycles. The molecule has 1 amide bonds. The molecule has 2 aromatic rings. The van der Waals surface area contributed by atoms with E-state index in [1.54, 1.807) is 16.3 Å². The molecule has 142 valence electrons. The molecule has 0 aliphatic heterocycles. The van der Waals surface area contributed by atoms with Gasteiger partial charge in [0.15, 0.2) is 6.10 Å². The van der Waals surface area contributed by atoms with Crippen LogP contribution in [0.2, 0.25) is 0 Å². The number of carbonyl (C=O) groups is 2. The maximum atomic E-state index is 12.3. The fourth-order valence-corrected chi connectivity index (χ4v) is 2.90. The molecular formula is C18H27N5O3. The molecule has 2 heterocycles.